The van der Waals surface area contributed by atoms with E-state index in [0.717, 1.165) is 24.2 Å². The third kappa shape index (κ3) is 3.77. The molecular weight excluding hydrogens is 326 g/mol. The molecule has 0 saturated carbocycles. The van der Waals surface area contributed by atoms with Crippen molar-refractivity contribution in [2.24, 2.45) is 0 Å². The molecule has 26 heavy (non-hydrogen) atoms. The van der Waals surface area contributed by atoms with Gasteiger partial charge in [-0.1, -0.05) is 24.3 Å². The molecule has 0 amide bonds. The molecule has 0 aliphatic carbocycles. The predicted molar refractivity (Wildman–Crippen MR) is 102 cm³/mol. The van der Waals surface area contributed by atoms with E-state index in [1.165, 1.54) is 10.9 Å². The molecule has 0 radical (unpaired) electrons. The number of anilines is 2. The van der Waals surface area contributed by atoms with E-state index < -0.39 is 0 Å². The summed E-state index contributed by atoms with van der Waals surface area (Å²) >= 11 is 0. The number of nitrogens with zero attached hydrogens (tertiary/aromatic N) is 4. The topological polar surface area (TPSA) is 91.4 Å². The number of hydrogen-bond donors (Lipinski definition) is 3. The lowest BCUT2D eigenvalue weighted by atomic mass is 10.1. The fraction of sp³-hybridized carbons (Fsp3) is 0.158. The fourth-order valence-corrected chi connectivity index (χ4v) is 2.80. The molecule has 1 aromatic carbocycles. The van der Waals surface area contributed by atoms with Crippen molar-refractivity contribution in [1.29, 1.82) is 0 Å². The van der Waals surface area contributed by atoms with Crippen LogP contribution in [-0.2, 0) is 13.0 Å². The van der Waals surface area contributed by atoms with Gasteiger partial charge in [0.25, 0.3) is 0 Å². The van der Waals surface area contributed by atoms with Crippen LogP contribution in [0.2, 0.25) is 0 Å². The number of rotatable bonds is 7. The van der Waals surface area contributed by atoms with Crippen LogP contribution in [0.5, 0.6) is 0 Å². The first-order chi connectivity index (χ1) is 12.9. The number of nitrogens with one attached hydrogen (secondary N) is 3. The first-order valence-electron chi connectivity index (χ1n) is 8.51. The predicted octanol–water partition coefficient (Wildman–Crippen LogP) is 3.01. The summed E-state index contributed by atoms with van der Waals surface area (Å²) in [5, 5.41) is 15.7. The molecule has 0 aliphatic heterocycles. The summed E-state index contributed by atoms with van der Waals surface area (Å²) in [6, 6.07) is 14.1. The Hall–Kier alpha value is -3.48. The Labute approximate surface area is 150 Å². The third-order valence-electron chi connectivity index (χ3n) is 4.09. The summed E-state index contributed by atoms with van der Waals surface area (Å²) in [5.41, 5.74) is 3.37. The molecule has 7 heteroatoms. The maximum atomic E-state index is 4.44. The van der Waals surface area contributed by atoms with Gasteiger partial charge in [0.1, 0.15) is 0 Å². The first kappa shape index (κ1) is 16.0. The Balaban J connectivity index is 1.33. The van der Waals surface area contributed by atoms with Gasteiger partial charge in [0.15, 0.2) is 5.82 Å². The van der Waals surface area contributed by atoms with E-state index in [1.807, 2.05) is 24.3 Å². The molecule has 0 atom stereocenters. The third-order valence-corrected chi connectivity index (χ3v) is 4.09. The summed E-state index contributed by atoms with van der Waals surface area (Å²) in [5.74, 6) is 1.18. The van der Waals surface area contributed by atoms with Crippen LogP contribution >= 0.6 is 0 Å². The average molecular weight is 345 g/mol. The van der Waals surface area contributed by atoms with Gasteiger partial charge in [-0.05, 0) is 30.2 Å². The summed E-state index contributed by atoms with van der Waals surface area (Å²) in [6.07, 6.45) is 6.34. The second-order valence-electron chi connectivity index (χ2n) is 5.88. The maximum absolute atomic E-state index is 4.44. The van der Waals surface area contributed by atoms with Gasteiger partial charge >= 0.3 is 0 Å². The highest BCUT2D eigenvalue weighted by Gasteiger charge is 2.04. The molecule has 0 unspecified atom stereocenters. The SMILES string of the molecule is c1ccc(CNc2nncc(NCCc3c[nH]c4ccccc34)n2)nc1. The van der Waals surface area contributed by atoms with Crippen LogP contribution < -0.4 is 10.6 Å². The number of hydrogen-bond acceptors (Lipinski definition) is 6. The highest BCUT2D eigenvalue weighted by atomic mass is 15.3. The quantitative estimate of drug-likeness (QED) is 0.477. The molecule has 7 nitrogen and oxygen atoms in total. The van der Waals surface area contributed by atoms with Crippen molar-refractivity contribution in [3.8, 4) is 0 Å². The molecule has 3 heterocycles. The largest absolute Gasteiger partial charge is 0.368 e. The molecule has 4 aromatic rings. The fourth-order valence-electron chi connectivity index (χ4n) is 2.80. The van der Waals surface area contributed by atoms with Crippen LogP contribution in [0, 0.1) is 0 Å². The van der Waals surface area contributed by atoms with Gasteiger partial charge in [-0.25, -0.2) is 0 Å². The Kier molecular flexibility index (Phi) is 4.68. The number of benzene rings is 1. The van der Waals surface area contributed by atoms with Crippen molar-refractivity contribution in [3.63, 3.8) is 0 Å². The van der Waals surface area contributed by atoms with E-state index >= 15 is 0 Å². The number of aromatic amines is 1. The molecule has 4 rings (SSSR count). The summed E-state index contributed by atoms with van der Waals surface area (Å²) in [7, 11) is 0. The molecule has 0 fully saturated rings. The standard InChI is InChI=1S/C19H19N7/c1-2-7-17-16(6-1)14(11-22-17)8-10-21-18-13-24-26-19(25-18)23-12-15-5-3-4-9-20-15/h1-7,9,11,13,22H,8,10,12H2,(H2,21,23,25,26). The van der Waals surface area contributed by atoms with Gasteiger partial charge in [0.2, 0.25) is 5.95 Å². The van der Waals surface area contributed by atoms with Gasteiger partial charge in [-0.3, -0.25) is 4.98 Å². The van der Waals surface area contributed by atoms with Gasteiger partial charge in [0.05, 0.1) is 18.4 Å². The van der Waals surface area contributed by atoms with Crippen LogP contribution in [0.4, 0.5) is 11.8 Å². The molecule has 0 saturated heterocycles. The number of H-pyrrole nitrogens is 1. The monoisotopic (exact) mass is 345 g/mol. The molecule has 3 N–H and O–H groups in total. The minimum absolute atomic E-state index is 0.479. The van der Waals surface area contributed by atoms with Gasteiger partial charge in [-0.2, -0.15) is 10.1 Å². The van der Waals surface area contributed by atoms with Crippen LogP contribution in [0.3, 0.4) is 0 Å². The average Bonchev–Trinajstić information content (AvgIpc) is 3.11. The summed E-state index contributed by atoms with van der Waals surface area (Å²) < 4.78 is 0. The van der Waals surface area contributed by atoms with Crippen LogP contribution in [0.25, 0.3) is 10.9 Å². The molecular formula is C19H19N7. The number of pyridine rings is 1. The molecule has 3 aromatic heterocycles. The first-order valence-corrected chi connectivity index (χ1v) is 8.51. The van der Waals surface area contributed by atoms with Crippen molar-refractivity contribution < 1.29 is 0 Å². The summed E-state index contributed by atoms with van der Waals surface area (Å²) in [6.45, 7) is 1.32. The lowest BCUT2D eigenvalue weighted by Gasteiger charge is -2.07. The van der Waals surface area contributed by atoms with Crippen molar-refractivity contribution in [2.45, 2.75) is 13.0 Å². The summed E-state index contributed by atoms with van der Waals surface area (Å²) in [4.78, 5) is 12.0. The number of fused-ring (bicyclic) bond motifs is 1. The van der Waals surface area contributed by atoms with Gasteiger partial charge < -0.3 is 15.6 Å². The Morgan fingerprint density at radius 1 is 1.00 bits per heavy atom. The minimum atomic E-state index is 0.479. The Morgan fingerprint density at radius 3 is 2.85 bits per heavy atom. The highest BCUT2D eigenvalue weighted by molar-refractivity contribution is 5.83. The zero-order chi connectivity index (χ0) is 17.6. The minimum Gasteiger partial charge on any atom is -0.368 e. The normalized spacial score (nSPS) is 10.8. The van der Waals surface area contributed by atoms with E-state index in [2.05, 4.69) is 60.2 Å². The van der Waals surface area contributed by atoms with Crippen molar-refractivity contribution in [3.05, 3.63) is 72.3 Å². The van der Waals surface area contributed by atoms with Crippen LogP contribution in [-0.4, -0.2) is 31.7 Å². The van der Waals surface area contributed by atoms with Crippen molar-refractivity contribution >= 4 is 22.7 Å². The van der Waals surface area contributed by atoms with Crippen molar-refractivity contribution in [2.75, 3.05) is 17.2 Å². The maximum Gasteiger partial charge on any atom is 0.245 e. The number of para-hydroxylation sites is 1. The second kappa shape index (κ2) is 7.60. The van der Waals surface area contributed by atoms with E-state index in [1.54, 1.807) is 12.4 Å². The molecule has 0 spiro atoms. The lowest BCUT2D eigenvalue weighted by molar-refractivity contribution is 0.920. The molecule has 0 bridgehead atoms. The van der Waals surface area contributed by atoms with Crippen molar-refractivity contribution in [1.82, 2.24) is 25.1 Å². The Morgan fingerprint density at radius 2 is 1.92 bits per heavy atom. The highest BCUT2D eigenvalue weighted by Crippen LogP contribution is 2.18. The molecule has 130 valence electrons. The smallest absolute Gasteiger partial charge is 0.245 e. The lowest BCUT2D eigenvalue weighted by Crippen LogP contribution is -2.10. The van der Waals surface area contributed by atoms with E-state index in [0.29, 0.717) is 18.3 Å². The van der Waals surface area contributed by atoms with E-state index in [4.69, 9.17) is 0 Å². The van der Waals surface area contributed by atoms with Crippen LogP contribution in [0.15, 0.2) is 61.1 Å². The number of aromatic nitrogens is 5. The second-order valence-corrected chi connectivity index (χ2v) is 5.88. The molecule has 0 aliphatic rings. The van der Waals surface area contributed by atoms with Gasteiger partial charge in [0, 0.05) is 29.8 Å². The zero-order valence-corrected chi connectivity index (χ0v) is 14.2. The van der Waals surface area contributed by atoms with Crippen LogP contribution in [0.1, 0.15) is 11.3 Å². The van der Waals surface area contributed by atoms with E-state index in [9.17, 15) is 0 Å². The van der Waals surface area contributed by atoms with E-state index in [-0.39, 0.29) is 0 Å². The zero-order valence-electron chi connectivity index (χ0n) is 14.2. The Bertz CT molecular complexity index is 981. The van der Waals surface area contributed by atoms with Gasteiger partial charge in [-0.15, -0.1) is 5.10 Å².